The molecule has 0 aliphatic carbocycles. The van der Waals surface area contributed by atoms with E-state index in [4.69, 9.17) is 15.8 Å². The van der Waals surface area contributed by atoms with Gasteiger partial charge in [0.25, 0.3) is 0 Å². The minimum absolute atomic E-state index is 0.0710. The van der Waals surface area contributed by atoms with Gasteiger partial charge in [-0.3, -0.25) is 4.79 Å². The van der Waals surface area contributed by atoms with E-state index < -0.39 is 22.2 Å². The van der Waals surface area contributed by atoms with Crippen LogP contribution in [0.2, 0.25) is 5.02 Å². The summed E-state index contributed by atoms with van der Waals surface area (Å²) in [5, 5.41) is 0.485. The van der Waals surface area contributed by atoms with Gasteiger partial charge >= 0.3 is 16.5 Å². The molecule has 0 N–H and O–H groups in total. The third-order valence-corrected chi connectivity index (χ3v) is 5.29. The third-order valence-electron chi connectivity index (χ3n) is 3.77. The topological polar surface area (TPSA) is 69.7 Å². The summed E-state index contributed by atoms with van der Waals surface area (Å²) in [6.07, 6.45) is -4.89. The molecule has 3 aromatic rings. The lowest BCUT2D eigenvalue weighted by Crippen LogP contribution is -2.17. The fourth-order valence-electron chi connectivity index (χ4n) is 2.41. The van der Waals surface area contributed by atoms with Gasteiger partial charge in [0.2, 0.25) is 0 Å². The van der Waals surface area contributed by atoms with Crippen molar-refractivity contribution >= 4 is 27.5 Å². The minimum atomic E-state index is -4.89. The lowest BCUT2D eigenvalue weighted by Gasteiger charge is -2.10. The maximum absolute atomic E-state index is 12.4. The van der Waals surface area contributed by atoms with Crippen LogP contribution < -0.4 is 8.92 Å². The van der Waals surface area contributed by atoms with Crippen molar-refractivity contribution in [1.29, 1.82) is 0 Å². The van der Waals surface area contributed by atoms with Crippen LogP contribution in [0.3, 0.4) is 0 Å². The smallest absolute Gasteiger partial charge is 0.406 e. The second kappa shape index (κ2) is 8.37. The third kappa shape index (κ3) is 5.52. The molecule has 0 saturated carbocycles. The van der Waals surface area contributed by atoms with E-state index in [1.54, 1.807) is 24.3 Å². The number of alkyl halides is 3. The number of ether oxygens (including phenoxy) is 1. The van der Waals surface area contributed by atoms with Crippen molar-refractivity contribution in [2.24, 2.45) is 0 Å². The normalized spacial score (nSPS) is 11.7. The van der Waals surface area contributed by atoms with Crippen molar-refractivity contribution in [3.63, 3.8) is 0 Å². The van der Waals surface area contributed by atoms with Crippen LogP contribution in [0.25, 0.3) is 0 Å². The Kier molecular flexibility index (Phi) is 6.04. The highest BCUT2D eigenvalue weighted by atomic mass is 35.5. The fraction of sp³-hybridized carbons (Fsp3) is 0.0500. The van der Waals surface area contributed by atoms with Gasteiger partial charge in [-0.2, -0.15) is 8.42 Å². The van der Waals surface area contributed by atoms with Crippen LogP contribution in [0.15, 0.2) is 77.7 Å². The standard InChI is InChI=1S/C20H12ClF3O5S/c21-15-5-1-13(2-6-15)19(25)14-3-7-17(8-4-14)29-30(26,27)18-11-9-16(10-12-18)28-20(22,23)24/h1-12H. The number of hydrogen-bond donors (Lipinski definition) is 0. The number of carbonyl (C=O) groups is 1. The molecule has 3 rings (SSSR count). The van der Waals surface area contributed by atoms with Crippen molar-refractivity contribution in [2.45, 2.75) is 11.3 Å². The molecule has 156 valence electrons. The summed E-state index contributed by atoms with van der Waals surface area (Å²) in [5.74, 6) is -0.925. The van der Waals surface area contributed by atoms with E-state index in [1.165, 1.54) is 24.3 Å². The predicted octanol–water partition coefficient (Wildman–Crippen LogP) is 5.24. The Morgan fingerprint density at radius 2 is 1.23 bits per heavy atom. The van der Waals surface area contributed by atoms with Gasteiger partial charge < -0.3 is 8.92 Å². The lowest BCUT2D eigenvalue weighted by molar-refractivity contribution is -0.274. The largest absolute Gasteiger partial charge is 0.573 e. The summed E-state index contributed by atoms with van der Waals surface area (Å²) in [4.78, 5) is 12.0. The van der Waals surface area contributed by atoms with Gasteiger partial charge in [0.15, 0.2) is 5.78 Å². The van der Waals surface area contributed by atoms with E-state index in [2.05, 4.69) is 4.74 Å². The lowest BCUT2D eigenvalue weighted by atomic mass is 10.0. The average Bonchev–Trinajstić information content (AvgIpc) is 2.67. The fourth-order valence-corrected chi connectivity index (χ4v) is 3.47. The van der Waals surface area contributed by atoms with Gasteiger partial charge in [0.05, 0.1) is 0 Å². The first-order valence-electron chi connectivity index (χ1n) is 8.24. The van der Waals surface area contributed by atoms with Crippen molar-refractivity contribution in [1.82, 2.24) is 0 Å². The Hall–Kier alpha value is -3.04. The highest BCUT2D eigenvalue weighted by Gasteiger charge is 2.31. The molecule has 0 spiro atoms. The van der Waals surface area contributed by atoms with Gasteiger partial charge in [-0.1, -0.05) is 11.6 Å². The zero-order valence-electron chi connectivity index (χ0n) is 14.9. The first-order valence-corrected chi connectivity index (χ1v) is 10.0. The maximum atomic E-state index is 12.4. The van der Waals surface area contributed by atoms with E-state index in [1.807, 2.05) is 0 Å². The van der Waals surface area contributed by atoms with Crippen LogP contribution in [0.1, 0.15) is 15.9 Å². The van der Waals surface area contributed by atoms with E-state index in [-0.39, 0.29) is 16.4 Å². The monoisotopic (exact) mass is 456 g/mol. The van der Waals surface area contributed by atoms with Crippen molar-refractivity contribution in [2.75, 3.05) is 0 Å². The van der Waals surface area contributed by atoms with Gasteiger partial charge in [-0.25, -0.2) is 0 Å². The van der Waals surface area contributed by atoms with Gasteiger partial charge in [0, 0.05) is 16.1 Å². The number of benzene rings is 3. The van der Waals surface area contributed by atoms with Crippen LogP contribution >= 0.6 is 11.6 Å². The molecule has 5 nitrogen and oxygen atoms in total. The Morgan fingerprint density at radius 3 is 1.73 bits per heavy atom. The first kappa shape index (κ1) is 21.7. The number of halogens is 4. The molecule has 0 aliphatic heterocycles. The summed E-state index contributed by atoms with van der Waals surface area (Å²) in [5.41, 5.74) is 0.706. The van der Waals surface area contributed by atoms with Crippen LogP contribution in [0.5, 0.6) is 11.5 Å². The highest BCUT2D eigenvalue weighted by Crippen LogP contribution is 2.26. The molecule has 0 heterocycles. The highest BCUT2D eigenvalue weighted by molar-refractivity contribution is 7.87. The molecule has 0 saturated heterocycles. The van der Waals surface area contributed by atoms with Crippen LogP contribution in [-0.4, -0.2) is 20.6 Å². The zero-order valence-corrected chi connectivity index (χ0v) is 16.5. The molecule has 0 radical (unpaired) electrons. The number of carbonyl (C=O) groups excluding carboxylic acids is 1. The zero-order chi connectivity index (χ0) is 21.9. The summed E-state index contributed by atoms with van der Waals surface area (Å²) >= 11 is 5.79. The molecule has 0 bridgehead atoms. The first-order chi connectivity index (χ1) is 14.0. The Morgan fingerprint density at radius 1 is 0.767 bits per heavy atom. The molecule has 10 heteroatoms. The quantitative estimate of drug-likeness (QED) is 0.375. The molecule has 0 atom stereocenters. The molecule has 30 heavy (non-hydrogen) atoms. The maximum Gasteiger partial charge on any atom is 0.573 e. The molecule has 3 aromatic carbocycles. The Labute approximate surface area is 174 Å². The van der Waals surface area contributed by atoms with E-state index in [0.29, 0.717) is 16.1 Å². The molecule has 0 aliphatic rings. The molecular formula is C20H12ClF3O5S. The summed E-state index contributed by atoms with van der Waals surface area (Å²) in [6.45, 7) is 0. The number of hydrogen-bond acceptors (Lipinski definition) is 5. The second-order valence-electron chi connectivity index (χ2n) is 5.92. The summed E-state index contributed by atoms with van der Waals surface area (Å²) in [6, 6.07) is 15.2. The molecule has 0 amide bonds. The molecule has 0 unspecified atom stereocenters. The van der Waals surface area contributed by atoms with Crippen molar-refractivity contribution < 1.29 is 35.3 Å². The Bertz CT molecular complexity index is 1140. The molecule has 0 aromatic heterocycles. The van der Waals surface area contributed by atoms with E-state index in [0.717, 1.165) is 24.3 Å². The molecular weight excluding hydrogens is 445 g/mol. The van der Waals surface area contributed by atoms with Crippen molar-refractivity contribution in [3.8, 4) is 11.5 Å². The predicted molar refractivity (Wildman–Crippen MR) is 102 cm³/mol. The molecule has 0 fully saturated rings. The minimum Gasteiger partial charge on any atom is -0.406 e. The van der Waals surface area contributed by atoms with Gasteiger partial charge in [0.1, 0.15) is 16.4 Å². The Balaban J connectivity index is 1.72. The van der Waals surface area contributed by atoms with Crippen LogP contribution in [-0.2, 0) is 10.1 Å². The average molecular weight is 457 g/mol. The number of ketones is 1. The summed E-state index contributed by atoms with van der Waals surface area (Å²) < 4.78 is 69.8. The van der Waals surface area contributed by atoms with Gasteiger partial charge in [-0.05, 0) is 72.8 Å². The summed E-state index contributed by atoms with van der Waals surface area (Å²) in [7, 11) is -4.30. The van der Waals surface area contributed by atoms with Gasteiger partial charge in [-0.15, -0.1) is 13.2 Å². The number of rotatable bonds is 6. The van der Waals surface area contributed by atoms with Crippen LogP contribution in [0, 0.1) is 0 Å². The second-order valence-corrected chi connectivity index (χ2v) is 7.90. The van der Waals surface area contributed by atoms with Crippen molar-refractivity contribution in [3.05, 3.63) is 88.9 Å². The van der Waals surface area contributed by atoms with E-state index in [9.17, 15) is 26.4 Å². The van der Waals surface area contributed by atoms with Crippen LogP contribution in [0.4, 0.5) is 13.2 Å². The SMILES string of the molecule is O=C(c1ccc(Cl)cc1)c1ccc(OS(=O)(=O)c2ccc(OC(F)(F)F)cc2)cc1. The van der Waals surface area contributed by atoms with E-state index >= 15 is 0 Å².